The summed E-state index contributed by atoms with van der Waals surface area (Å²) in [5, 5.41) is 10.5. The highest BCUT2D eigenvalue weighted by Crippen LogP contribution is 2.30. The Hall–Kier alpha value is -4.91. The molecule has 12 heteroatoms. The SMILES string of the molecule is COc1ccc(/C=C(\NC(=O)c2ccccc2)C(=O)Nc2ccc(SC(C)C(=O)Nc3nc(-c4ccc(Br)cc4)cs3)cc2)cc1OC. The molecule has 0 aliphatic rings. The maximum absolute atomic E-state index is 13.5. The molecule has 1 aromatic heterocycles. The molecule has 5 aromatic rings. The molecule has 0 saturated heterocycles. The quantitative estimate of drug-likeness (QED) is 0.0873. The van der Waals surface area contributed by atoms with Crippen LogP contribution in [0.25, 0.3) is 17.3 Å². The molecule has 1 atom stereocenters. The molecule has 1 heterocycles. The van der Waals surface area contributed by atoms with E-state index in [-0.39, 0.29) is 11.6 Å². The van der Waals surface area contributed by atoms with Crippen LogP contribution in [0.15, 0.2) is 118 Å². The predicted octanol–water partition coefficient (Wildman–Crippen LogP) is 8.12. The molecule has 0 aliphatic heterocycles. The van der Waals surface area contributed by atoms with Gasteiger partial charge in [0, 0.05) is 31.6 Å². The van der Waals surface area contributed by atoms with E-state index in [0.717, 1.165) is 20.6 Å². The summed E-state index contributed by atoms with van der Waals surface area (Å²) in [6, 6.07) is 28.7. The van der Waals surface area contributed by atoms with Crippen molar-refractivity contribution in [2.45, 2.75) is 17.1 Å². The summed E-state index contributed by atoms with van der Waals surface area (Å²) in [5.74, 6) is -0.110. The normalized spacial score (nSPS) is 11.7. The van der Waals surface area contributed by atoms with Crippen molar-refractivity contribution in [1.82, 2.24) is 10.3 Å². The fraction of sp³-hybridized carbons (Fsp3) is 0.111. The Morgan fingerprint density at radius 2 is 1.58 bits per heavy atom. The Morgan fingerprint density at radius 3 is 2.27 bits per heavy atom. The largest absolute Gasteiger partial charge is 0.493 e. The average molecular weight is 744 g/mol. The second kappa shape index (κ2) is 16.3. The maximum Gasteiger partial charge on any atom is 0.272 e. The van der Waals surface area contributed by atoms with Crippen molar-refractivity contribution < 1.29 is 23.9 Å². The van der Waals surface area contributed by atoms with Crippen LogP contribution < -0.4 is 25.4 Å². The molecular weight excluding hydrogens is 712 g/mol. The van der Waals surface area contributed by atoms with Crippen LogP contribution in [0.5, 0.6) is 11.5 Å². The van der Waals surface area contributed by atoms with Crippen molar-refractivity contribution in [3.05, 3.63) is 124 Å². The van der Waals surface area contributed by atoms with Crippen LogP contribution in [-0.2, 0) is 9.59 Å². The minimum absolute atomic E-state index is 0.0327. The van der Waals surface area contributed by atoms with Gasteiger partial charge in [-0.25, -0.2) is 4.98 Å². The van der Waals surface area contributed by atoms with Crippen molar-refractivity contribution in [3.63, 3.8) is 0 Å². The minimum atomic E-state index is -0.520. The minimum Gasteiger partial charge on any atom is -0.493 e. The molecule has 48 heavy (non-hydrogen) atoms. The maximum atomic E-state index is 13.5. The third-order valence-electron chi connectivity index (χ3n) is 6.92. The first-order valence-electron chi connectivity index (χ1n) is 14.6. The van der Waals surface area contributed by atoms with E-state index in [1.807, 2.05) is 48.7 Å². The van der Waals surface area contributed by atoms with E-state index in [1.165, 1.54) is 37.3 Å². The van der Waals surface area contributed by atoms with Crippen LogP contribution in [0.1, 0.15) is 22.8 Å². The lowest BCUT2D eigenvalue weighted by Crippen LogP contribution is -2.30. The number of hydrogen-bond acceptors (Lipinski definition) is 8. The number of carbonyl (C=O) groups excluding carboxylic acids is 3. The van der Waals surface area contributed by atoms with Gasteiger partial charge in [-0.1, -0.05) is 52.3 Å². The van der Waals surface area contributed by atoms with Crippen LogP contribution in [0.2, 0.25) is 0 Å². The van der Waals surface area contributed by atoms with E-state index >= 15 is 0 Å². The van der Waals surface area contributed by atoms with Gasteiger partial charge in [-0.15, -0.1) is 23.1 Å². The number of thioether (sulfide) groups is 1. The number of thiazole rings is 1. The number of amides is 3. The summed E-state index contributed by atoms with van der Waals surface area (Å²) >= 11 is 6.18. The number of rotatable bonds is 12. The first-order valence-corrected chi connectivity index (χ1v) is 17.2. The summed E-state index contributed by atoms with van der Waals surface area (Å²) in [6.07, 6.45) is 1.56. The van der Waals surface area contributed by atoms with Gasteiger partial charge in [0.25, 0.3) is 11.8 Å². The Morgan fingerprint density at radius 1 is 0.875 bits per heavy atom. The van der Waals surface area contributed by atoms with Gasteiger partial charge in [0.2, 0.25) is 5.91 Å². The number of halogens is 1. The van der Waals surface area contributed by atoms with E-state index < -0.39 is 17.1 Å². The summed E-state index contributed by atoms with van der Waals surface area (Å²) < 4.78 is 11.7. The van der Waals surface area contributed by atoms with Gasteiger partial charge in [0.1, 0.15) is 5.70 Å². The van der Waals surface area contributed by atoms with Crippen LogP contribution in [0.3, 0.4) is 0 Å². The number of methoxy groups -OCH3 is 2. The molecule has 0 saturated carbocycles. The molecule has 0 radical (unpaired) electrons. The monoisotopic (exact) mass is 742 g/mol. The summed E-state index contributed by atoms with van der Waals surface area (Å²) in [7, 11) is 3.06. The molecule has 3 N–H and O–H groups in total. The van der Waals surface area contributed by atoms with Gasteiger partial charge in [0.05, 0.1) is 25.2 Å². The highest BCUT2D eigenvalue weighted by molar-refractivity contribution is 9.10. The number of carbonyl (C=O) groups is 3. The van der Waals surface area contributed by atoms with Gasteiger partial charge in [-0.2, -0.15) is 0 Å². The smallest absolute Gasteiger partial charge is 0.272 e. The standard InChI is InChI=1S/C36H31BrN4O5S2/c1-22(33(42)41-36-40-30(21-47-36)24-10-12-26(37)13-11-24)48-28-16-14-27(15-17-28)38-35(44)29(39-34(43)25-7-5-4-6-8-25)19-23-9-18-31(45-2)32(20-23)46-3/h4-22H,1-3H3,(H,38,44)(H,39,43)(H,40,41,42)/b29-19-. The summed E-state index contributed by atoms with van der Waals surface area (Å²) in [4.78, 5) is 44.8. The zero-order chi connectivity index (χ0) is 34.0. The average Bonchev–Trinajstić information content (AvgIpc) is 3.57. The molecule has 4 aromatic carbocycles. The number of hydrogen-bond donors (Lipinski definition) is 3. The predicted molar refractivity (Wildman–Crippen MR) is 196 cm³/mol. The molecule has 1 unspecified atom stereocenters. The van der Waals surface area contributed by atoms with Crippen molar-refractivity contribution in [2.24, 2.45) is 0 Å². The Labute approximate surface area is 294 Å². The fourth-order valence-electron chi connectivity index (χ4n) is 4.42. The lowest BCUT2D eigenvalue weighted by Gasteiger charge is -2.13. The molecular formula is C36H31BrN4O5S2. The first kappa shape index (κ1) is 34.4. The second-order valence-corrected chi connectivity index (χ2v) is 13.5. The van der Waals surface area contributed by atoms with Crippen molar-refractivity contribution >= 4 is 73.6 Å². The van der Waals surface area contributed by atoms with Gasteiger partial charge in [0.15, 0.2) is 16.6 Å². The zero-order valence-corrected chi connectivity index (χ0v) is 29.4. The van der Waals surface area contributed by atoms with Crippen LogP contribution in [0, 0.1) is 0 Å². The first-order chi connectivity index (χ1) is 23.2. The highest BCUT2D eigenvalue weighted by Gasteiger charge is 2.18. The van der Waals surface area contributed by atoms with E-state index in [1.54, 1.807) is 66.7 Å². The third kappa shape index (κ3) is 9.12. The van der Waals surface area contributed by atoms with E-state index in [4.69, 9.17) is 9.47 Å². The number of benzene rings is 4. The Balaban J connectivity index is 1.24. The van der Waals surface area contributed by atoms with Crippen LogP contribution in [0.4, 0.5) is 10.8 Å². The molecule has 0 bridgehead atoms. The summed E-state index contributed by atoms with van der Waals surface area (Å²) in [6.45, 7) is 1.82. The Kier molecular flexibility index (Phi) is 11.7. The number of nitrogens with one attached hydrogen (secondary N) is 3. The second-order valence-electron chi connectivity index (χ2n) is 10.3. The van der Waals surface area contributed by atoms with Gasteiger partial charge >= 0.3 is 0 Å². The van der Waals surface area contributed by atoms with Crippen molar-refractivity contribution in [3.8, 4) is 22.8 Å². The van der Waals surface area contributed by atoms with Crippen molar-refractivity contribution in [2.75, 3.05) is 24.9 Å². The number of nitrogens with zero attached hydrogens (tertiary/aromatic N) is 1. The molecule has 5 rings (SSSR count). The zero-order valence-electron chi connectivity index (χ0n) is 26.2. The lowest BCUT2D eigenvalue weighted by atomic mass is 10.1. The molecule has 9 nitrogen and oxygen atoms in total. The third-order valence-corrected chi connectivity index (χ3v) is 9.31. The molecule has 0 fully saturated rings. The fourth-order valence-corrected chi connectivity index (χ4v) is 6.27. The lowest BCUT2D eigenvalue weighted by molar-refractivity contribution is -0.115. The Bertz CT molecular complexity index is 1930. The summed E-state index contributed by atoms with van der Waals surface area (Å²) in [5.41, 5.74) is 3.33. The highest BCUT2D eigenvalue weighted by atomic mass is 79.9. The van der Waals surface area contributed by atoms with E-state index in [2.05, 4.69) is 36.9 Å². The van der Waals surface area contributed by atoms with Crippen LogP contribution >= 0.6 is 39.0 Å². The molecule has 0 aliphatic carbocycles. The van der Waals surface area contributed by atoms with Gasteiger partial charge in [-0.05, 0) is 79.2 Å². The number of ether oxygens (including phenoxy) is 2. The van der Waals surface area contributed by atoms with Gasteiger partial charge in [-0.3, -0.25) is 14.4 Å². The molecule has 3 amide bonds. The van der Waals surface area contributed by atoms with Crippen molar-refractivity contribution in [1.29, 1.82) is 0 Å². The van der Waals surface area contributed by atoms with Gasteiger partial charge < -0.3 is 25.4 Å². The number of aromatic nitrogens is 1. The molecule has 244 valence electrons. The van der Waals surface area contributed by atoms with E-state index in [0.29, 0.717) is 33.4 Å². The molecule has 0 spiro atoms. The van der Waals surface area contributed by atoms with E-state index in [9.17, 15) is 14.4 Å². The topological polar surface area (TPSA) is 119 Å². The number of anilines is 2. The van der Waals surface area contributed by atoms with Crippen LogP contribution in [-0.4, -0.2) is 42.2 Å².